The zero-order valence-corrected chi connectivity index (χ0v) is 13.6. The van der Waals surface area contributed by atoms with E-state index in [1.54, 1.807) is 0 Å². The first-order chi connectivity index (χ1) is 10.1. The molecule has 1 N–H and O–H groups in total. The van der Waals surface area contributed by atoms with E-state index in [1.165, 1.54) is 22.3 Å². The first kappa shape index (κ1) is 15.7. The normalized spacial score (nSPS) is 12.4. The first-order valence-corrected chi connectivity index (χ1v) is 7.80. The van der Waals surface area contributed by atoms with Crippen molar-refractivity contribution in [3.05, 3.63) is 64.5 Å². The van der Waals surface area contributed by atoms with Crippen LogP contribution in [0.1, 0.15) is 34.9 Å². The zero-order valence-electron chi connectivity index (χ0n) is 13.6. The van der Waals surface area contributed by atoms with Gasteiger partial charge < -0.3 is 5.32 Å². The van der Waals surface area contributed by atoms with Crippen molar-refractivity contribution < 1.29 is 0 Å². The third kappa shape index (κ3) is 4.40. The maximum Gasteiger partial charge on any atom is 0.0419 e. The van der Waals surface area contributed by atoms with Crippen molar-refractivity contribution >= 4 is 0 Å². The standard InChI is InChI=1S/C19H26N2/c1-5-20-18(12-17-8-6-7-9-21-17)13-19-15(3)10-14(2)11-16(19)4/h6-11,18,20H,5,12-13H2,1-4H3. The number of hydrogen-bond acceptors (Lipinski definition) is 2. The highest BCUT2D eigenvalue weighted by molar-refractivity contribution is 5.38. The molecular weight excluding hydrogens is 256 g/mol. The molecule has 0 aliphatic heterocycles. The van der Waals surface area contributed by atoms with E-state index < -0.39 is 0 Å². The third-order valence-corrected chi connectivity index (χ3v) is 3.97. The van der Waals surface area contributed by atoms with Gasteiger partial charge in [0.2, 0.25) is 0 Å². The van der Waals surface area contributed by atoms with Gasteiger partial charge in [0.15, 0.2) is 0 Å². The molecule has 0 amide bonds. The van der Waals surface area contributed by atoms with E-state index in [2.05, 4.69) is 62.3 Å². The van der Waals surface area contributed by atoms with E-state index in [0.29, 0.717) is 6.04 Å². The van der Waals surface area contributed by atoms with Gasteiger partial charge in [0.25, 0.3) is 0 Å². The minimum absolute atomic E-state index is 0.435. The largest absolute Gasteiger partial charge is 0.314 e. The number of nitrogens with one attached hydrogen (secondary N) is 1. The average Bonchev–Trinajstić information content (AvgIpc) is 2.44. The summed E-state index contributed by atoms with van der Waals surface area (Å²) in [6.07, 6.45) is 3.91. The van der Waals surface area contributed by atoms with E-state index in [0.717, 1.165) is 25.1 Å². The lowest BCUT2D eigenvalue weighted by Gasteiger charge is -2.20. The molecule has 1 aromatic heterocycles. The molecule has 1 atom stereocenters. The van der Waals surface area contributed by atoms with Crippen LogP contribution >= 0.6 is 0 Å². The number of nitrogens with zero attached hydrogens (tertiary/aromatic N) is 1. The van der Waals surface area contributed by atoms with Crippen molar-refractivity contribution in [2.24, 2.45) is 0 Å². The predicted octanol–water partition coefficient (Wildman–Crippen LogP) is 3.77. The van der Waals surface area contributed by atoms with Crippen molar-refractivity contribution in [3.63, 3.8) is 0 Å². The minimum Gasteiger partial charge on any atom is -0.314 e. The summed E-state index contributed by atoms with van der Waals surface area (Å²) >= 11 is 0. The van der Waals surface area contributed by atoms with Crippen LogP contribution in [-0.2, 0) is 12.8 Å². The van der Waals surface area contributed by atoms with Crippen molar-refractivity contribution in [1.82, 2.24) is 10.3 Å². The summed E-state index contributed by atoms with van der Waals surface area (Å²) in [6.45, 7) is 9.76. The fourth-order valence-corrected chi connectivity index (χ4v) is 3.05. The lowest BCUT2D eigenvalue weighted by Crippen LogP contribution is -2.33. The molecule has 2 aromatic rings. The van der Waals surface area contributed by atoms with Gasteiger partial charge in [0, 0.05) is 24.4 Å². The molecule has 0 saturated heterocycles. The fraction of sp³-hybridized carbons (Fsp3) is 0.421. The number of pyridine rings is 1. The van der Waals surface area contributed by atoms with Crippen LogP contribution in [0.5, 0.6) is 0 Å². The Morgan fingerprint density at radius 2 is 1.76 bits per heavy atom. The van der Waals surface area contributed by atoms with Gasteiger partial charge in [-0.05, 0) is 62.6 Å². The Bertz CT molecular complexity index is 552. The summed E-state index contributed by atoms with van der Waals surface area (Å²) in [5, 5.41) is 3.61. The summed E-state index contributed by atoms with van der Waals surface area (Å²) in [5.74, 6) is 0. The molecule has 0 saturated carbocycles. The van der Waals surface area contributed by atoms with E-state index in [-0.39, 0.29) is 0 Å². The molecule has 0 radical (unpaired) electrons. The number of aromatic nitrogens is 1. The molecule has 0 fully saturated rings. The molecule has 1 unspecified atom stereocenters. The van der Waals surface area contributed by atoms with E-state index >= 15 is 0 Å². The zero-order chi connectivity index (χ0) is 15.2. The number of hydrogen-bond donors (Lipinski definition) is 1. The third-order valence-electron chi connectivity index (χ3n) is 3.97. The lowest BCUT2D eigenvalue weighted by atomic mass is 9.92. The molecule has 0 aliphatic rings. The van der Waals surface area contributed by atoms with Crippen molar-refractivity contribution in [1.29, 1.82) is 0 Å². The highest BCUT2D eigenvalue weighted by atomic mass is 14.9. The van der Waals surface area contributed by atoms with Gasteiger partial charge in [0.1, 0.15) is 0 Å². The van der Waals surface area contributed by atoms with Crippen molar-refractivity contribution in [2.45, 2.75) is 46.6 Å². The van der Waals surface area contributed by atoms with E-state index in [9.17, 15) is 0 Å². The Morgan fingerprint density at radius 1 is 1.05 bits per heavy atom. The van der Waals surface area contributed by atoms with E-state index in [1.807, 2.05) is 12.3 Å². The number of benzene rings is 1. The van der Waals surface area contributed by atoms with E-state index in [4.69, 9.17) is 0 Å². The topological polar surface area (TPSA) is 24.9 Å². The molecule has 0 aliphatic carbocycles. The van der Waals surface area contributed by atoms with Crippen LogP contribution in [0.15, 0.2) is 36.5 Å². The van der Waals surface area contributed by atoms with Crippen molar-refractivity contribution in [2.75, 3.05) is 6.54 Å². The maximum absolute atomic E-state index is 4.46. The summed E-state index contributed by atoms with van der Waals surface area (Å²) in [5.41, 5.74) is 6.78. The van der Waals surface area contributed by atoms with Gasteiger partial charge in [-0.2, -0.15) is 0 Å². The molecule has 2 heteroatoms. The molecule has 0 spiro atoms. The predicted molar refractivity (Wildman–Crippen MR) is 89.8 cm³/mol. The molecule has 21 heavy (non-hydrogen) atoms. The monoisotopic (exact) mass is 282 g/mol. The second-order valence-electron chi connectivity index (χ2n) is 5.86. The Kier molecular flexibility index (Phi) is 5.51. The molecule has 1 heterocycles. The summed E-state index contributed by atoms with van der Waals surface area (Å²) in [6, 6.07) is 11.1. The molecule has 2 rings (SSSR count). The molecular formula is C19H26N2. The van der Waals surface area contributed by atoms with Gasteiger partial charge in [-0.3, -0.25) is 4.98 Å². The number of rotatable bonds is 6. The molecule has 0 bridgehead atoms. The minimum atomic E-state index is 0.435. The Balaban J connectivity index is 2.17. The van der Waals surface area contributed by atoms with Crippen LogP contribution < -0.4 is 5.32 Å². The molecule has 112 valence electrons. The highest BCUT2D eigenvalue weighted by Crippen LogP contribution is 2.19. The van der Waals surface area contributed by atoms with Crippen molar-refractivity contribution in [3.8, 4) is 0 Å². The molecule has 1 aromatic carbocycles. The van der Waals surface area contributed by atoms with Gasteiger partial charge in [0.05, 0.1) is 0 Å². The summed E-state index contributed by atoms with van der Waals surface area (Å²) < 4.78 is 0. The fourth-order valence-electron chi connectivity index (χ4n) is 3.05. The van der Waals surface area contributed by atoms with Crippen LogP contribution in [0.25, 0.3) is 0 Å². The van der Waals surface area contributed by atoms with Crippen LogP contribution in [0.3, 0.4) is 0 Å². The van der Waals surface area contributed by atoms with Crippen LogP contribution in [0, 0.1) is 20.8 Å². The number of likely N-dealkylation sites (N-methyl/N-ethyl adjacent to an activating group) is 1. The average molecular weight is 282 g/mol. The lowest BCUT2D eigenvalue weighted by molar-refractivity contribution is 0.515. The quantitative estimate of drug-likeness (QED) is 0.872. The van der Waals surface area contributed by atoms with Gasteiger partial charge >= 0.3 is 0 Å². The summed E-state index contributed by atoms with van der Waals surface area (Å²) in [4.78, 5) is 4.46. The van der Waals surface area contributed by atoms with Crippen LogP contribution in [0.4, 0.5) is 0 Å². The maximum atomic E-state index is 4.46. The summed E-state index contributed by atoms with van der Waals surface area (Å²) in [7, 11) is 0. The Hall–Kier alpha value is -1.67. The van der Waals surface area contributed by atoms with Crippen LogP contribution in [-0.4, -0.2) is 17.6 Å². The first-order valence-electron chi connectivity index (χ1n) is 7.80. The SMILES string of the molecule is CCNC(Cc1ccccn1)Cc1c(C)cc(C)cc1C. The van der Waals surface area contributed by atoms with Gasteiger partial charge in [-0.15, -0.1) is 0 Å². The highest BCUT2D eigenvalue weighted by Gasteiger charge is 2.13. The van der Waals surface area contributed by atoms with Gasteiger partial charge in [-0.1, -0.05) is 30.7 Å². The Morgan fingerprint density at radius 3 is 2.33 bits per heavy atom. The Labute approximate surface area is 128 Å². The molecule has 2 nitrogen and oxygen atoms in total. The second-order valence-corrected chi connectivity index (χ2v) is 5.86. The smallest absolute Gasteiger partial charge is 0.0419 e. The second kappa shape index (κ2) is 7.37. The van der Waals surface area contributed by atoms with Gasteiger partial charge in [-0.25, -0.2) is 0 Å². The number of aryl methyl sites for hydroxylation is 3. The van der Waals surface area contributed by atoms with Crippen LogP contribution in [0.2, 0.25) is 0 Å².